The zero-order valence-electron chi connectivity index (χ0n) is 31.1. The highest BCUT2D eigenvalue weighted by atomic mass is 79.9. The van der Waals surface area contributed by atoms with Gasteiger partial charge in [0.1, 0.15) is 0 Å². The third kappa shape index (κ3) is 5.29. The Morgan fingerprint density at radius 3 is 1.63 bits per heavy atom. The molecule has 10 aromatic rings. The lowest BCUT2D eigenvalue weighted by Gasteiger charge is -2.34. The monoisotopic (exact) mass is 789 g/mol. The zero-order chi connectivity index (χ0) is 37.9. The standard InChI is InChI=1S/C55H36BrN/c56-44-21-12-16-40(35-44)38-14-11-15-39(34-38)41-30-33-53-49(36-41)47-22-8-10-27-52(47)57(53)45-31-28-37(29-32-45)46-24-13-26-51-54(46)48-23-7-9-25-50(48)55(51,42-17-3-1-4-18-42)43-19-5-2-6-20-43/h1-36H. The van der Waals surface area contributed by atoms with Gasteiger partial charge in [-0.05, 0) is 115 Å². The summed E-state index contributed by atoms with van der Waals surface area (Å²) < 4.78 is 3.50. The number of hydrogen-bond acceptors (Lipinski definition) is 0. The van der Waals surface area contributed by atoms with E-state index in [4.69, 9.17) is 0 Å². The lowest BCUT2D eigenvalue weighted by atomic mass is 9.67. The zero-order valence-corrected chi connectivity index (χ0v) is 32.7. The number of para-hydroxylation sites is 1. The molecule has 0 aliphatic heterocycles. The number of aromatic nitrogens is 1. The molecular weight excluding hydrogens is 755 g/mol. The summed E-state index contributed by atoms with van der Waals surface area (Å²) in [6, 6.07) is 80.2. The highest BCUT2D eigenvalue weighted by Crippen LogP contribution is 2.58. The van der Waals surface area contributed by atoms with Crippen LogP contribution in [0.4, 0.5) is 0 Å². The van der Waals surface area contributed by atoms with Crippen LogP contribution >= 0.6 is 15.9 Å². The fraction of sp³-hybridized carbons (Fsp3) is 0.0182. The minimum absolute atomic E-state index is 0.424. The van der Waals surface area contributed by atoms with Crippen molar-refractivity contribution in [3.63, 3.8) is 0 Å². The third-order valence-electron chi connectivity index (χ3n) is 11.9. The van der Waals surface area contributed by atoms with Crippen molar-refractivity contribution in [1.29, 1.82) is 0 Å². The fourth-order valence-electron chi connectivity index (χ4n) is 9.50. The van der Waals surface area contributed by atoms with E-state index >= 15 is 0 Å². The predicted molar refractivity (Wildman–Crippen MR) is 242 cm³/mol. The molecule has 1 aromatic heterocycles. The van der Waals surface area contributed by atoms with Gasteiger partial charge in [-0.3, -0.25) is 0 Å². The summed E-state index contributed by atoms with van der Waals surface area (Å²) in [5.74, 6) is 0. The van der Waals surface area contributed by atoms with Gasteiger partial charge in [-0.25, -0.2) is 0 Å². The van der Waals surface area contributed by atoms with Crippen molar-refractivity contribution in [2.75, 3.05) is 0 Å². The number of halogens is 1. The van der Waals surface area contributed by atoms with Crippen LogP contribution in [-0.4, -0.2) is 4.57 Å². The highest BCUT2D eigenvalue weighted by molar-refractivity contribution is 9.10. The Hall–Kier alpha value is -6.74. The normalized spacial score (nSPS) is 12.8. The van der Waals surface area contributed by atoms with Gasteiger partial charge in [-0.2, -0.15) is 0 Å². The molecule has 0 saturated heterocycles. The molecule has 0 fully saturated rings. The number of hydrogen-bond donors (Lipinski definition) is 0. The molecule has 268 valence electrons. The topological polar surface area (TPSA) is 4.93 Å². The summed E-state index contributed by atoms with van der Waals surface area (Å²) in [5.41, 5.74) is 18.2. The largest absolute Gasteiger partial charge is 0.309 e. The number of benzene rings is 9. The molecule has 0 atom stereocenters. The molecule has 0 spiro atoms. The molecule has 0 saturated carbocycles. The minimum atomic E-state index is -0.424. The molecule has 1 aliphatic carbocycles. The Balaban J connectivity index is 1.03. The van der Waals surface area contributed by atoms with E-state index in [1.807, 2.05) is 0 Å². The average Bonchev–Trinajstić information content (AvgIpc) is 3.78. The molecule has 9 aromatic carbocycles. The minimum Gasteiger partial charge on any atom is -0.309 e. The molecule has 2 heteroatoms. The lowest BCUT2D eigenvalue weighted by Crippen LogP contribution is -2.28. The molecular formula is C55H36BrN. The second-order valence-electron chi connectivity index (χ2n) is 15.0. The van der Waals surface area contributed by atoms with Crippen LogP contribution in [0.15, 0.2) is 223 Å². The quantitative estimate of drug-likeness (QED) is 0.158. The van der Waals surface area contributed by atoms with Crippen molar-refractivity contribution >= 4 is 37.7 Å². The van der Waals surface area contributed by atoms with Crippen LogP contribution in [0.5, 0.6) is 0 Å². The van der Waals surface area contributed by atoms with Crippen molar-refractivity contribution in [3.8, 4) is 50.2 Å². The van der Waals surface area contributed by atoms with E-state index in [0.717, 1.165) is 10.2 Å². The van der Waals surface area contributed by atoms with Gasteiger partial charge in [0.2, 0.25) is 0 Å². The molecule has 0 radical (unpaired) electrons. The Labute approximate surface area is 341 Å². The van der Waals surface area contributed by atoms with Crippen LogP contribution in [0.1, 0.15) is 22.3 Å². The summed E-state index contributed by atoms with van der Waals surface area (Å²) >= 11 is 3.65. The van der Waals surface area contributed by atoms with E-state index < -0.39 is 5.41 Å². The van der Waals surface area contributed by atoms with Crippen LogP contribution in [0.3, 0.4) is 0 Å². The van der Waals surface area contributed by atoms with Gasteiger partial charge < -0.3 is 4.57 Å². The summed E-state index contributed by atoms with van der Waals surface area (Å²) in [6.07, 6.45) is 0. The first-order valence-corrected chi connectivity index (χ1v) is 20.3. The number of nitrogens with zero attached hydrogens (tertiary/aromatic N) is 1. The van der Waals surface area contributed by atoms with Gasteiger partial charge in [-0.1, -0.05) is 186 Å². The second kappa shape index (κ2) is 13.5. The summed E-state index contributed by atoms with van der Waals surface area (Å²) in [4.78, 5) is 0. The second-order valence-corrected chi connectivity index (χ2v) is 15.9. The maximum Gasteiger partial charge on any atom is 0.0713 e. The number of rotatable bonds is 6. The van der Waals surface area contributed by atoms with Crippen molar-refractivity contribution in [2.45, 2.75) is 5.41 Å². The highest BCUT2D eigenvalue weighted by Gasteiger charge is 2.46. The molecule has 0 amide bonds. The Bertz CT molecular complexity index is 3080. The van der Waals surface area contributed by atoms with E-state index in [0.29, 0.717) is 0 Å². The van der Waals surface area contributed by atoms with Gasteiger partial charge in [0.15, 0.2) is 0 Å². The third-order valence-corrected chi connectivity index (χ3v) is 12.4. The molecule has 11 rings (SSSR count). The van der Waals surface area contributed by atoms with Crippen LogP contribution < -0.4 is 0 Å². The summed E-state index contributed by atoms with van der Waals surface area (Å²) in [6.45, 7) is 0. The first kappa shape index (κ1) is 33.6. The van der Waals surface area contributed by atoms with Gasteiger partial charge in [0.25, 0.3) is 0 Å². The summed E-state index contributed by atoms with van der Waals surface area (Å²) in [7, 11) is 0. The van der Waals surface area contributed by atoms with Gasteiger partial charge in [-0.15, -0.1) is 0 Å². The maximum atomic E-state index is 3.65. The van der Waals surface area contributed by atoms with Crippen molar-refractivity contribution < 1.29 is 0 Å². The molecule has 0 bridgehead atoms. The lowest BCUT2D eigenvalue weighted by molar-refractivity contribution is 0.768. The van der Waals surface area contributed by atoms with Gasteiger partial charge in [0.05, 0.1) is 16.4 Å². The SMILES string of the molecule is Brc1cccc(-c2cccc(-c3ccc4c(c3)c3ccccc3n4-c3ccc(-c4cccc5c4-c4ccccc4C5(c4ccccc4)c4ccccc4)cc3)c2)c1. The van der Waals surface area contributed by atoms with Crippen molar-refractivity contribution in [1.82, 2.24) is 4.57 Å². The van der Waals surface area contributed by atoms with Crippen LogP contribution in [-0.2, 0) is 5.41 Å². The van der Waals surface area contributed by atoms with E-state index in [1.54, 1.807) is 0 Å². The van der Waals surface area contributed by atoms with Crippen LogP contribution in [0.25, 0.3) is 72.0 Å². The van der Waals surface area contributed by atoms with Crippen LogP contribution in [0.2, 0.25) is 0 Å². The van der Waals surface area contributed by atoms with Crippen molar-refractivity contribution in [2.24, 2.45) is 0 Å². The summed E-state index contributed by atoms with van der Waals surface area (Å²) in [5, 5.41) is 2.49. The first-order chi connectivity index (χ1) is 28.2. The average molecular weight is 791 g/mol. The van der Waals surface area contributed by atoms with E-state index in [1.165, 1.54) is 88.6 Å². The first-order valence-electron chi connectivity index (χ1n) is 19.5. The molecule has 1 nitrogen and oxygen atoms in total. The van der Waals surface area contributed by atoms with E-state index in [9.17, 15) is 0 Å². The number of fused-ring (bicyclic) bond motifs is 6. The molecule has 1 aliphatic rings. The smallest absolute Gasteiger partial charge is 0.0713 e. The predicted octanol–water partition coefficient (Wildman–Crippen LogP) is 14.9. The van der Waals surface area contributed by atoms with Crippen molar-refractivity contribution in [3.05, 3.63) is 245 Å². The van der Waals surface area contributed by atoms with E-state index in [-0.39, 0.29) is 0 Å². The molecule has 0 unspecified atom stereocenters. The molecule has 1 heterocycles. The fourth-order valence-corrected chi connectivity index (χ4v) is 9.90. The van der Waals surface area contributed by atoms with Gasteiger partial charge >= 0.3 is 0 Å². The Kier molecular flexibility index (Phi) is 7.94. The van der Waals surface area contributed by atoms with Crippen LogP contribution in [0, 0.1) is 0 Å². The maximum absolute atomic E-state index is 3.65. The molecule has 0 N–H and O–H groups in total. The van der Waals surface area contributed by atoms with Gasteiger partial charge in [0, 0.05) is 20.9 Å². The Morgan fingerprint density at radius 1 is 0.351 bits per heavy atom. The Morgan fingerprint density at radius 2 is 0.895 bits per heavy atom. The molecule has 57 heavy (non-hydrogen) atoms. The van der Waals surface area contributed by atoms with E-state index in [2.05, 4.69) is 239 Å².